The number of H-pyrrole nitrogens is 1. The standard InChI is InChI=1S/C17H18N4O/c1-11-13(19-10-18-11)9-21-8-7-15-16(17(21)22)12-5-3-4-6-14(12)20(15)2/h3-6,10H,7-9H2,1-2H3,(H,18,19)/i1D3,2D3,7D2,8D2,9D2,10D. The van der Waals surface area contributed by atoms with E-state index in [1.165, 1.54) is 24.3 Å². The monoisotopic (exact) mass is 307 g/mol. The number of nitrogens with one attached hydrogen (secondary N) is 1. The van der Waals surface area contributed by atoms with Crippen LogP contribution in [0, 0.1) is 6.85 Å². The predicted octanol–water partition coefficient (Wildman–Crippen LogP) is 2.41. The quantitative estimate of drug-likeness (QED) is 0.790. The highest BCUT2D eigenvalue weighted by molar-refractivity contribution is 6.09. The Labute approximate surface area is 146 Å². The van der Waals surface area contributed by atoms with Gasteiger partial charge in [-0.25, -0.2) is 4.98 Å². The van der Waals surface area contributed by atoms with Crippen molar-refractivity contribution in [3.05, 3.63) is 53.2 Å². The number of aromatic nitrogens is 3. The van der Waals surface area contributed by atoms with Crippen LogP contribution in [0.4, 0.5) is 0 Å². The Morgan fingerprint density at radius 1 is 1.55 bits per heavy atom. The van der Waals surface area contributed by atoms with Crippen LogP contribution in [0.5, 0.6) is 0 Å². The number of amides is 1. The molecular formula is C17H18N4O. The summed E-state index contributed by atoms with van der Waals surface area (Å²) in [7, 11) is 0. The maximum absolute atomic E-state index is 13.7. The molecule has 1 N–H and O–H groups in total. The van der Waals surface area contributed by atoms with Crippen LogP contribution >= 0.6 is 0 Å². The van der Waals surface area contributed by atoms with Crippen molar-refractivity contribution in [2.24, 2.45) is 6.98 Å². The molecule has 2 aromatic heterocycles. The minimum Gasteiger partial charge on any atom is -0.348 e. The number of nitrogens with zero attached hydrogens (tertiary/aromatic N) is 3. The zero-order valence-corrected chi connectivity index (χ0v) is 11.1. The van der Waals surface area contributed by atoms with Gasteiger partial charge in [-0.2, -0.15) is 0 Å². The third-order valence-corrected chi connectivity index (χ3v) is 3.38. The number of para-hydroxylation sites is 1. The molecule has 5 nitrogen and oxygen atoms in total. The number of benzene rings is 1. The van der Waals surface area contributed by atoms with Crippen molar-refractivity contribution in [1.82, 2.24) is 19.4 Å². The average Bonchev–Trinajstić information content (AvgIpc) is 3.25. The summed E-state index contributed by atoms with van der Waals surface area (Å²) in [5, 5.41) is -0.0527. The van der Waals surface area contributed by atoms with Crippen LogP contribution in [0.2, 0.25) is 0 Å². The fourth-order valence-electron chi connectivity index (χ4n) is 2.37. The van der Waals surface area contributed by atoms with E-state index in [2.05, 4.69) is 9.97 Å². The van der Waals surface area contributed by atoms with Crippen LogP contribution in [0.3, 0.4) is 0 Å². The van der Waals surface area contributed by atoms with E-state index in [1.807, 2.05) is 0 Å². The van der Waals surface area contributed by atoms with E-state index in [4.69, 9.17) is 17.8 Å². The van der Waals surface area contributed by atoms with Crippen molar-refractivity contribution >= 4 is 16.8 Å². The number of carbonyl (C=O) groups is 1. The van der Waals surface area contributed by atoms with E-state index in [0.29, 0.717) is 4.57 Å². The summed E-state index contributed by atoms with van der Waals surface area (Å²) in [6.45, 7) is -12.9. The molecule has 0 aliphatic carbocycles. The molecular weight excluding hydrogens is 276 g/mol. The van der Waals surface area contributed by atoms with Crippen molar-refractivity contribution in [3.63, 3.8) is 0 Å². The molecule has 0 unspecified atom stereocenters. The highest BCUT2D eigenvalue weighted by atomic mass is 16.2. The van der Waals surface area contributed by atoms with Crippen LogP contribution in [-0.2, 0) is 19.8 Å². The smallest absolute Gasteiger partial charge is 0.256 e. The maximum Gasteiger partial charge on any atom is 0.256 e. The second-order valence-corrected chi connectivity index (χ2v) is 4.64. The molecule has 112 valence electrons. The molecule has 0 saturated heterocycles. The van der Waals surface area contributed by atoms with Crippen LogP contribution in [0.25, 0.3) is 10.9 Å². The Balaban J connectivity index is 2.09. The van der Waals surface area contributed by atoms with E-state index >= 15 is 0 Å². The first kappa shape index (κ1) is 5.26. The minimum atomic E-state index is -3.52. The summed E-state index contributed by atoms with van der Waals surface area (Å²) in [6.07, 6.45) is -4.04. The van der Waals surface area contributed by atoms with Gasteiger partial charge in [0.05, 0.1) is 26.8 Å². The molecule has 1 amide bonds. The Morgan fingerprint density at radius 2 is 2.45 bits per heavy atom. The van der Waals surface area contributed by atoms with Crippen molar-refractivity contribution in [2.75, 3.05) is 6.50 Å². The van der Waals surface area contributed by atoms with E-state index in [1.54, 1.807) is 0 Å². The molecule has 0 fully saturated rings. The average molecular weight is 307 g/mol. The number of hydrogen-bond donors (Lipinski definition) is 1. The zero-order valence-electron chi connectivity index (χ0n) is 24.1. The number of hydrogen-bond acceptors (Lipinski definition) is 2. The van der Waals surface area contributed by atoms with Crippen LogP contribution in [-0.4, -0.2) is 31.8 Å². The molecule has 3 aromatic rings. The van der Waals surface area contributed by atoms with E-state index in [9.17, 15) is 4.79 Å². The molecule has 1 aromatic carbocycles. The van der Waals surface area contributed by atoms with Crippen molar-refractivity contribution in [3.8, 4) is 0 Å². The molecule has 1 aliphatic rings. The number of imidazole rings is 1. The molecule has 0 radical (unpaired) electrons. The molecule has 0 atom stereocenters. The summed E-state index contributed by atoms with van der Waals surface area (Å²) in [5.41, 5.74) is -3.30. The first-order valence-corrected chi connectivity index (χ1v) is 6.32. The lowest BCUT2D eigenvalue weighted by molar-refractivity contribution is 0.0725. The molecule has 0 saturated carbocycles. The molecule has 3 heterocycles. The highest BCUT2D eigenvalue weighted by Gasteiger charge is 2.30. The zero-order chi connectivity index (χ0) is 26.5. The fraction of sp³-hybridized carbons (Fsp3) is 0.294. The number of rotatable bonds is 2. The number of fused-ring (bicyclic) bond motifs is 3. The van der Waals surface area contributed by atoms with Crippen LogP contribution in [0.1, 0.15) is 45.3 Å². The highest BCUT2D eigenvalue weighted by Crippen LogP contribution is 2.30. The van der Waals surface area contributed by atoms with Gasteiger partial charge in [-0.05, 0) is 12.9 Å². The Bertz CT molecular complexity index is 1350. The number of carbonyl (C=O) groups excluding carboxylic acids is 1. The van der Waals surface area contributed by atoms with E-state index < -0.39 is 68.1 Å². The molecule has 22 heavy (non-hydrogen) atoms. The van der Waals surface area contributed by atoms with Gasteiger partial charge in [0.1, 0.15) is 1.37 Å². The van der Waals surface area contributed by atoms with Crippen molar-refractivity contribution in [1.29, 1.82) is 0 Å². The SMILES string of the molecule is [2H]c1nc(C([2H])([2H])N2C(=O)c3c(n(C([2H])([2H])[2H])c4ccccc34)C([2H])([2H])C2([2H])[2H])c(C([2H])([2H])[2H])[nH]1. The summed E-state index contributed by atoms with van der Waals surface area (Å²) < 4.78 is 106. The van der Waals surface area contributed by atoms with Crippen molar-refractivity contribution in [2.45, 2.75) is 19.7 Å². The molecule has 5 heteroatoms. The third-order valence-electron chi connectivity index (χ3n) is 3.38. The lowest BCUT2D eigenvalue weighted by Gasteiger charge is -2.27. The molecule has 0 bridgehead atoms. The lowest BCUT2D eigenvalue weighted by Crippen LogP contribution is -2.37. The first-order valence-electron chi connectivity index (χ1n) is 12.8. The van der Waals surface area contributed by atoms with E-state index in [-0.39, 0.29) is 15.8 Å². The molecule has 4 rings (SSSR count). The van der Waals surface area contributed by atoms with E-state index in [0.717, 1.165) is 0 Å². The van der Waals surface area contributed by atoms with Crippen molar-refractivity contribution < 1.29 is 22.6 Å². The maximum atomic E-state index is 13.7. The Kier molecular flexibility index (Phi) is 1.13. The molecule has 0 spiro atoms. The van der Waals surface area contributed by atoms with Gasteiger partial charge >= 0.3 is 0 Å². The third kappa shape index (κ3) is 1.78. The number of aromatic amines is 1. The second-order valence-electron chi connectivity index (χ2n) is 4.64. The predicted molar refractivity (Wildman–Crippen MR) is 84.7 cm³/mol. The summed E-state index contributed by atoms with van der Waals surface area (Å²) in [5.74, 6) is -1.41. The summed E-state index contributed by atoms with van der Waals surface area (Å²) in [6, 6.07) is 5.53. The van der Waals surface area contributed by atoms with Crippen LogP contribution < -0.4 is 0 Å². The van der Waals surface area contributed by atoms with Gasteiger partial charge in [0.2, 0.25) is 0 Å². The first-order chi connectivity index (χ1) is 15.8. The van der Waals surface area contributed by atoms with Crippen LogP contribution in [0.15, 0.2) is 30.6 Å². The van der Waals surface area contributed by atoms with Gasteiger partial charge in [-0.3, -0.25) is 4.79 Å². The second kappa shape index (κ2) is 4.73. The van der Waals surface area contributed by atoms with Gasteiger partial charge in [0.25, 0.3) is 5.91 Å². The van der Waals surface area contributed by atoms with Gasteiger partial charge < -0.3 is 14.5 Å². The minimum absolute atomic E-state index is 0.0527. The Hall–Kier alpha value is -2.56. The summed E-state index contributed by atoms with van der Waals surface area (Å²) >= 11 is 0. The largest absolute Gasteiger partial charge is 0.348 e. The lowest BCUT2D eigenvalue weighted by atomic mass is 10.0. The Morgan fingerprint density at radius 3 is 3.32 bits per heavy atom. The topological polar surface area (TPSA) is 53.9 Å². The van der Waals surface area contributed by atoms with Gasteiger partial charge in [0.15, 0.2) is 0 Å². The van der Waals surface area contributed by atoms with Gasteiger partial charge in [-0.1, -0.05) is 18.2 Å². The number of aryl methyl sites for hydroxylation is 2. The molecule has 1 aliphatic heterocycles. The fourth-order valence-corrected chi connectivity index (χ4v) is 2.37. The normalized spacial score (nSPS) is 29.7. The summed E-state index contributed by atoms with van der Waals surface area (Å²) in [4.78, 5) is 19.2. The van der Waals surface area contributed by atoms with Gasteiger partial charge in [-0.15, -0.1) is 0 Å². The van der Waals surface area contributed by atoms with Gasteiger partial charge in [0, 0.05) is 55.8 Å².